The molecule has 2 heterocycles. The van der Waals surface area contributed by atoms with Crippen LogP contribution in [0.1, 0.15) is 35.8 Å². The van der Waals surface area contributed by atoms with Gasteiger partial charge in [0.25, 0.3) is 5.91 Å². The average Bonchev–Trinajstić information content (AvgIpc) is 2.48. The molecule has 0 aliphatic carbocycles. The van der Waals surface area contributed by atoms with E-state index in [1.165, 1.54) is 12.8 Å². The normalized spacial score (nSPS) is 18.4. The highest BCUT2D eigenvalue weighted by molar-refractivity contribution is 5.93. The third kappa shape index (κ3) is 5.10. The zero-order valence-corrected chi connectivity index (χ0v) is 12.9. The number of carbonyl (C=O) groups excluding carboxylic acids is 1. The van der Waals surface area contributed by atoms with Crippen LogP contribution in [-0.4, -0.2) is 53.2 Å². The van der Waals surface area contributed by atoms with Crippen molar-refractivity contribution >= 4 is 5.91 Å². The second kappa shape index (κ2) is 7.52. The number of β-amino-alcohol motifs (C(OH)–C–C–N with tert-alkyl or cyclic N) is 1. The summed E-state index contributed by atoms with van der Waals surface area (Å²) in [6, 6.07) is 3.55. The van der Waals surface area contributed by atoms with Gasteiger partial charge in [0, 0.05) is 25.0 Å². The molecule has 1 saturated heterocycles. The van der Waals surface area contributed by atoms with Crippen molar-refractivity contribution in [2.45, 2.75) is 32.8 Å². The number of piperidine rings is 1. The topological polar surface area (TPSA) is 65.5 Å². The Morgan fingerprint density at radius 2 is 2.19 bits per heavy atom. The molecule has 1 aliphatic heterocycles. The van der Waals surface area contributed by atoms with Gasteiger partial charge >= 0.3 is 0 Å². The first kappa shape index (κ1) is 15.9. The number of pyridine rings is 1. The fourth-order valence-corrected chi connectivity index (χ4v) is 2.52. The number of hydrogen-bond acceptors (Lipinski definition) is 4. The predicted molar refractivity (Wildman–Crippen MR) is 82.2 cm³/mol. The van der Waals surface area contributed by atoms with E-state index in [9.17, 15) is 9.90 Å². The van der Waals surface area contributed by atoms with Crippen LogP contribution >= 0.6 is 0 Å². The zero-order valence-electron chi connectivity index (χ0n) is 12.9. The molecule has 1 unspecified atom stereocenters. The van der Waals surface area contributed by atoms with Crippen molar-refractivity contribution < 1.29 is 9.90 Å². The lowest BCUT2D eigenvalue weighted by Crippen LogP contribution is -2.43. The fourth-order valence-electron chi connectivity index (χ4n) is 2.52. The van der Waals surface area contributed by atoms with Crippen molar-refractivity contribution in [2.24, 2.45) is 5.92 Å². The Balaban J connectivity index is 1.72. The molecule has 0 aromatic carbocycles. The summed E-state index contributed by atoms with van der Waals surface area (Å²) in [6.07, 6.45) is 3.41. The number of aliphatic hydroxyl groups is 1. The number of amides is 1. The van der Waals surface area contributed by atoms with Crippen molar-refractivity contribution in [3.05, 3.63) is 29.6 Å². The molecule has 1 amide bonds. The molecule has 2 N–H and O–H groups in total. The number of rotatable bonds is 5. The molecule has 1 aromatic heterocycles. The van der Waals surface area contributed by atoms with Crippen LogP contribution in [0.4, 0.5) is 0 Å². The lowest BCUT2D eigenvalue weighted by Gasteiger charge is -2.31. The van der Waals surface area contributed by atoms with Crippen molar-refractivity contribution in [3.8, 4) is 0 Å². The second-order valence-corrected chi connectivity index (χ2v) is 6.04. The van der Waals surface area contributed by atoms with Gasteiger partial charge in [-0.1, -0.05) is 6.92 Å². The third-order valence-corrected chi connectivity index (χ3v) is 4.02. The van der Waals surface area contributed by atoms with Gasteiger partial charge in [0.15, 0.2) is 0 Å². The van der Waals surface area contributed by atoms with Gasteiger partial charge in [-0.05, 0) is 50.9 Å². The minimum absolute atomic E-state index is 0.186. The van der Waals surface area contributed by atoms with Crippen molar-refractivity contribution in [1.29, 1.82) is 0 Å². The molecule has 1 aromatic rings. The summed E-state index contributed by atoms with van der Waals surface area (Å²) < 4.78 is 0. The molecule has 5 heteroatoms. The van der Waals surface area contributed by atoms with Crippen LogP contribution in [0.25, 0.3) is 0 Å². The van der Waals surface area contributed by atoms with E-state index in [2.05, 4.69) is 22.1 Å². The van der Waals surface area contributed by atoms with Gasteiger partial charge in [-0.3, -0.25) is 9.78 Å². The molecule has 1 aliphatic rings. The largest absolute Gasteiger partial charge is 0.390 e. The van der Waals surface area contributed by atoms with E-state index in [-0.39, 0.29) is 12.5 Å². The number of nitrogens with zero attached hydrogens (tertiary/aromatic N) is 2. The van der Waals surface area contributed by atoms with Crippen LogP contribution < -0.4 is 5.32 Å². The quantitative estimate of drug-likeness (QED) is 0.856. The summed E-state index contributed by atoms with van der Waals surface area (Å²) >= 11 is 0. The lowest BCUT2D eigenvalue weighted by molar-refractivity contribution is 0.0795. The molecule has 0 bridgehead atoms. The summed E-state index contributed by atoms with van der Waals surface area (Å²) in [5.41, 5.74) is 1.41. The lowest BCUT2D eigenvalue weighted by atomic mass is 9.99. The first-order valence-electron chi connectivity index (χ1n) is 7.66. The molecule has 116 valence electrons. The van der Waals surface area contributed by atoms with Crippen LogP contribution in [0, 0.1) is 12.8 Å². The van der Waals surface area contributed by atoms with Crippen LogP contribution in [0.2, 0.25) is 0 Å². The summed E-state index contributed by atoms with van der Waals surface area (Å²) in [5.74, 6) is 0.598. The first-order chi connectivity index (χ1) is 10.0. The maximum atomic E-state index is 11.9. The Labute approximate surface area is 126 Å². The van der Waals surface area contributed by atoms with E-state index in [0.29, 0.717) is 12.1 Å². The monoisotopic (exact) mass is 291 g/mol. The molecule has 21 heavy (non-hydrogen) atoms. The van der Waals surface area contributed by atoms with Gasteiger partial charge in [0.2, 0.25) is 0 Å². The molecule has 0 radical (unpaired) electrons. The van der Waals surface area contributed by atoms with Crippen molar-refractivity contribution in [3.63, 3.8) is 0 Å². The third-order valence-electron chi connectivity index (χ3n) is 4.02. The Kier molecular flexibility index (Phi) is 5.70. The summed E-state index contributed by atoms with van der Waals surface area (Å²) in [4.78, 5) is 18.3. The van der Waals surface area contributed by atoms with Crippen molar-refractivity contribution in [2.75, 3.05) is 26.2 Å². The molecule has 1 fully saturated rings. The fraction of sp³-hybridized carbons (Fsp3) is 0.625. The number of hydrogen-bond donors (Lipinski definition) is 2. The minimum Gasteiger partial charge on any atom is -0.390 e. The van der Waals surface area contributed by atoms with E-state index in [1.807, 2.05) is 6.92 Å². The average molecular weight is 291 g/mol. The molecule has 0 spiro atoms. The van der Waals surface area contributed by atoms with Crippen LogP contribution in [-0.2, 0) is 0 Å². The van der Waals surface area contributed by atoms with E-state index in [4.69, 9.17) is 0 Å². The van der Waals surface area contributed by atoms with Gasteiger partial charge in [0.1, 0.15) is 0 Å². The highest BCUT2D eigenvalue weighted by Crippen LogP contribution is 2.15. The number of aryl methyl sites for hydroxylation is 1. The molecule has 0 saturated carbocycles. The molecule has 1 atom stereocenters. The molecular formula is C16H25N3O2. The van der Waals surface area contributed by atoms with Crippen molar-refractivity contribution in [1.82, 2.24) is 15.2 Å². The van der Waals surface area contributed by atoms with Crippen LogP contribution in [0.3, 0.4) is 0 Å². The maximum Gasteiger partial charge on any atom is 0.252 e. The van der Waals surface area contributed by atoms with Gasteiger partial charge in [-0.2, -0.15) is 0 Å². The van der Waals surface area contributed by atoms with E-state index in [0.717, 1.165) is 24.7 Å². The van der Waals surface area contributed by atoms with Crippen LogP contribution in [0.15, 0.2) is 18.3 Å². The van der Waals surface area contributed by atoms with Gasteiger partial charge in [0.05, 0.1) is 11.7 Å². The Bertz CT molecular complexity index is 453. The SMILES string of the molecule is Cc1ccc(C(=O)NCC(O)CN2CCC(C)CC2)cn1. The Morgan fingerprint density at radius 1 is 1.48 bits per heavy atom. The molecule has 2 rings (SSSR count). The maximum absolute atomic E-state index is 11.9. The summed E-state index contributed by atoms with van der Waals surface area (Å²) in [6.45, 7) is 7.12. The van der Waals surface area contributed by atoms with Gasteiger partial charge < -0.3 is 15.3 Å². The molecule has 5 nitrogen and oxygen atoms in total. The number of nitrogens with one attached hydrogen (secondary N) is 1. The second-order valence-electron chi connectivity index (χ2n) is 6.04. The molecular weight excluding hydrogens is 266 g/mol. The Morgan fingerprint density at radius 3 is 2.81 bits per heavy atom. The first-order valence-corrected chi connectivity index (χ1v) is 7.66. The van der Waals surface area contributed by atoms with Crippen LogP contribution in [0.5, 0.6) is 0 Å². The van der Waals surface area contributed by atoms with Gasteiger partial charge in [-0.25, -0.2) is 0 Å². The smallest absolute Gasteiger partial charge is 0.252 e. The zero-order chi connectivity index (χ0) is 15.2. The highest BCUT2D eigenvalue weighted by atomic mass is 16.3. The standard InChI is InChI=1S/C16H25N3O2/c1-12-5-7-19(8-6-12)11-15(20)10-18-16(21)14-4-3-13(2)17-9-14/h3-4,9,12,15,20H,5-8,10-11H2,1-2H3,(H,18,21). The van der Waals surface area contributed by atoms with E-state index < -0.39 is 6.10 Å². The highest BCUT2D eigenvalue weighted by Gasteiger charge is 2.18. The van der Waals surface area contributed by atoms with Gasteiger partial charge in [-0.15, -0.1) is 0 Å². The van der Waals surface area contributed by atoms with E-state index in [1.54, 1.807) is 18.3 Å². The summed E-state index contributed by atoms with van der Waals surface area (Å²) in [7, 11) is 0. The number of aliphatic hydroxyl groups excluding tert-OH is 1. The predicted octanol–water partition coefficient (Wildman–Crippen LogP) is 1.21. The number of carbonyl (C=O) groups is 1. The number of aromatic nitrogens is 1. The number of likely N-dealkylation sites (tertiary alicyclic amines) is 1. The minimum atomic E-state index is -0.527. The summed E-state index contributed by atoms with van der Waals surface area (Å²) in [5, 5.41) is 12.8. The Hall–Kier alpha value is -1.46. The van der Waals surface area contributed by atoms with E-state index >= 15 is 0 Å².